The van der Waals surface area contributed by atoms with Gasteiger partial charge in [0.1, 0.15) is 5.69 Å². The number of anilines is 1. The van der Waals surface area contributed by atoms with Crippen molar-refractivity contribution in [1.82, 2.24) is 10.3 Å². The number of benzene rings is 1. The first-order valence-electron chi connectivity index (χ1n) is 10.3. The first-order chi connectivity index (χ1) is 12.6. The van der Waals surface area contributed by atoms with Crippen LogP contribution in [0.2, 0.25) is 0 Å². The van der Waals surface area contributed by atoms with Crippen LogP contribution in [-0.2, 0) is 0 Å². The van der Waals surface area contributed by atoms with Crippen LogP contribution in [0.1, 0.15) is 67.9 Å². The van der Waals surface area contributed by atoms with Gasteiger partial charge in [-0.1, -0.05) is 19.8 Å². The molecule has 1 aromatic heterocycles. The van der Waals surface area contributed by atoms with Crippen LogP contribution in [0.5, 0.6) is 0 Å². The lowest BCUT2D eigenvalue weighted by Crippen LogP contribution is -2.41. The lowest BCUT2D eigenvalue weighted by atomic mass is 9.86. The molecule has 0 spiro atoms. The van der Waals surface area contributed by atoms with Crippen LogP contribution in [0.3, 0.4) is 0 Å². The van der Waals surface area contributed by atoms with Gasteiger partial charge in [0.2, 0.25) is 0 Å². The number of carbonyl (C=O) groups excluding carboxylic acids is 1. The van der Waals surface area contributed by atoms with E-state index in [0.717, 1.165) is 30.4 Å². The molecule has 0 radical (unpaired) electrons. The van der Waals surface area contributed by atoms with Gasteiger partial charge < -0.3 is 15.2 Å². The van der Waals surface area contributed by atoms with Crippen molar-refractivity contribution in [2.75, 3.05) is 18.0 Å². The van der Waals surface area contributed by atoms with Crippen LogP contribution in [0.25, 0.3) is 10.9 Å². The highest BCUT2D eigenvalue weighted by atomic mass is 16.1. The molecule has 1 saturated carbocycles. The van der Waals surface area contributed by atoms with Gasteiger partial charge in [-0.05, 0) is 68.7 Å². The number of hydrogen-bond donors (Lipinski definition) is 2. The Balaban J connectivity index is 1.56. The second kappa shape index (κ2) is 7.34. The van der Waals surface area contributed by atoms with E-state index in [1.165, 1.54) is 49.8 Å². The summed E-state index contributed by atoms with van der Waals surface area (Å²) < 4.78 is 0. The summed E-state index contributed by atoms with van der Waals surface area (Å²) in [6.45, 7) is 6.68. The number of nitrogens with zero attached hydrogens (tertiary/aromatic N) is 1. The third-order valence-corrected chi connectivity index (χ3v) is 6.32. The minimum atomic E-state index is 0.0406. The molecular formula is C22H31N3O. The predicted molar refractivity (Wildman–Crippen MR) is 108 cm³/mol. The monoisotopic (exact) mass is 353 g/mol. The van der Waals surface area contributed by atoms with Gasteiger partial charge in [-0.25, -0.2) is 0 Å². The summed E-state index contributed by atoms with van der Waals surface area (Å²) >= 11 is 0. The van der Waals surface area contributed by atoms with E-state index < -0.39 is 0 Å². The number of nitrogens with one attached hydrogen (secondary N) is 2. The molecule has 2 aromatic rings. The molecular weight excluding hydrogens is 322 g/mol. The van der Waals surface area contributed by atoms with E-state index in [1.54, 1.807) is 0 Å². The number of rotatable bonds is 3. The van der Waals surface area contributed by atoms with Crippen LogP contribution < -0.4 is 10.2 Å². The second-order valence-electron chi connectivity index (χ2n) is 8.30. The molecule has 1 aliphatic carbocycles. The lowest BCUT2D eigenvalue weighted by molar-refractivity contribution is 0.0906. The largest absolute Gasteiger partial charge is 0.371 e. The van der Waals surface area contributed by atoms with E-state index in [2.05, 4.69) is 41.2 Å². The third kappa shape index (κ3) is 3.46. The summed E-state index contributed by atoms with van der Waals surface area (Å²) in [7, 11) is 0. The average Bonchev–Trinajstić information content (AvgIpc) is 3.09. The SMILES string of the molecule is Cc1cc(N2CCCCC2)cc2[nH]c(C(=O)N[C@@H]3CCCC[C@@H]3C)cc12. The van der Waals surface area contributed by atoms with Crippen LogP contribution in [-0.4, -0.2) is 30.0 Å². The van der Waals surface area contributed by atoms with Crippen LogP contribution in [0.15, 0.2) is 18.2 Å². The molecule has 0 bridgehead atoms. The summed E-state index contributed by atoms with van der Waals surface area (Å²) in [6, 6.07) is 6.82. The smallest absolute Gasteiger partial charge is 0.267 e. The maximum atomic E-state index is 12.8. The Bertz CT molecular complexity index is 788. The van der Waals surface area contributed by atoms with Crippen LogP contribution in [0.4, 0.5) is 5.69 Å². The van der Waals surface area contributed by atoms with Crippen LogP contribution >= 0.6 is 0 Å². The normalized spacial score (nSPS) is 24.0. The molecule has 2 aliphatic rings. The van der Waals surface area contributed by atoms with Crippen LogP contribution in [0, 0.1) is 12.8 Å². The molecule has 4 heteroatoms. The molecule has 26 heavy (non-hydrogen) atoms. The van der Waals surface area contributed by atoms with Crippen molar-refractivity contribution in [2.24, 2.45) is 5.92 Å². The summed E-state index contributed by atoms with van der Waals surface area (Å²) in [4.78, 5) is 18.6. The quantitative estimate of drug-likeness (QED) is 0.834. The molecule has 2 N–H and O–H groups in total. The first-order valence-corrected chi connectivity index (χ1v) is 10.3. The van der Waals surface area contributed by atoms with E-state index in [-0.39, 0.29) is 5.91 Å². The Labute approximate surface area is 156 Å². The second-order valence-corrected chi connectivity index (χ2v) is 8.30. The molecule has 1 amide bonds. The zero-order valence-corrected chi connectivity index (χ0v) is 16.1. The van der Waals surface area contributed by atoms with Crippen molar-refractivity contribution in [3.8, 4) is 0 Å². The third-order valence-electron chi connectivity index (χ3n) is 6.32. The molecule has 1 aliphatic heterocycles. The molecule has 1 aromatic carbocycles. The number of carbonyl (C=O) groups is 1. The highest BCUT2D eigenvalue weighted by Gasteiger charge is 2.24. The van der Waals surface area contributed by atoms with Gasteiger partial charge in [-0.15, -0.1) is 0 Å². The Morgan fingerprint density at radius 3 is 2.62 bits per heavy atom. The van der Waals surface area contributed by atoms with Crippen molar-refractivity contribution in [3.05, 3.63) is 29.5 Å². The van der Waals surface area contributed by atoms with Crippen molar-refractivity contribution in [3.63, 3.8) is 0 Å². The Hall–Kier alpha value is -1.97. The zero-order chi connectivity index (χ0) is 18.1. The molecule has 2 fully saturated rings. The van der Waals surface area contributed by atoms with Gasteiger partial charge in [-0.3, -0.25) is 4.79 Å². The number of aryl methyl sites for hydroxylation is 1. The molecule has 0 unspecified atom stereocenters. The van der Waals surface area contributed by atoms with Crippen molar-refractivity contribution < 1.29 is 4.79 Å². The number of amides is 1. The van der Waals surface area contributed by atoms with Crippen molar-refractivity contribution >= 4 is 22.5 Å². The number of piperidine rings is 1. The molecule has 1 saturated heterocycles. The summed E-state index contributed by atoms with van der Waals surface area (Å²) in [5, 5.41) is 4.42. The highest BCUT2D eigenvalue weighted by Crippen LogP contribution is 2.29. The zero-order valence-electron chi connectivity index (χ0n) is 16.1. The number of aromatic nitrogens is 1. The summed E-state index contributed by atoms with van der Waals surface area (Å²) in [5.74, 6) is 0.614. The van der Waals surface area contributed by atoms with E-state index in [0.29, 0.717) is 17.7 Å². The van der Waals surface area contributed by atoms with E-state index in [4.69, 9.17) is 0 Å². The van der Waals surface area contributed by atoms with Gasteiger partial charge in [0.05, 0.1) is 0 Å². The van der Waals surface area contributed by atoms with Gasteiger partial charge in [0, 0.05) is 35.7 Å². The molecule has 4 rings (SSSR count). The Morgan fingerprint density at radius 2 is 1.85 bits per heavy atom. The van der Waals surface area contributed by atoms with Crippen molar-refractivity contribution in [2.45, 2.75) is 64.8 Å². The highest BCUT2D eigenvalue weighted by molar-refractivity contribution is 5.99. The topological polar surface area (TPSA) is 48.1 Å². The summed E-state index contributed by atoms with van der Waals surface area (Å²) in [6.07, 6.45) is 8.72. The van der Waals surface area contributed by atoms with Gasteiger partial charge >= 0.3 is 0 Å². The molecule has 140 valence electrons. The fraction of sp³-hybridized carbons (Fsp3) is 0.591. The lowest BCUT2D eigenvalue weighted by Gasteiger charge is -2.29. The van der Waals surface area contributed by atoms with E-state index in [9.17, 15) is 4.79 Å². The predicted octanol–water partition coefficient (Wildman–Crippen LogP) is 4.78. The summed E-state index contributed by atoms with van der Waals surface area (Å²) in [5.41, 5.74) is 4.29. The maximum absolute atomic E-state index is 12.8. The maximum Gasteiger partial charge on any atom is 0.267 e. The Kier molecular flexibility index (Phi) is 4.92. The van der Waals surface area contributed by atoms with E-state index >= 15 is 0 Å². The molecule has 4 nitrogen and oxygen atoms in total. The minimum absolute atomic E-state index is 0.0406. The Morgan fingerprint density at radius 1 is 1.08 bits per heavy atom. The first kappa shape index (κ1) is 17.4. The van der Waals surface area contributed by atoms with Gasteiger partial charge in [0.15, 0.2) is 0 Å². The van der Waals surface area contributed by atoms with Crippen molar-refractivity contribution in [1.29, 1.82) is 0 Å². The average molecular weight is 354 g/mol. The number of H-pyrrole nitrogens is 1. The number of aromatic amines is 1. The fourth-order valence-electron chi connectivity index (χ4n) is 4.63. The molecule has 2 atom stereocenters. The van der Waals surface area contributed by atoms with Gasteiger partial charge in [0.25, 0.3) is 5.91 Å². The minimum Gasteiger partial charge on any atom is -0.371 e. The number of hydrogen-bond acceptors (Lipinski definition) is 2. The standard InChI is InChI=1S/C22H31N3O/c1-15-8-4-5-9-19(15)24-22(26)21-14-18-16(2)12-17(13-20(18)23-21)25-10-6-3-7-11-25/h12-15,19,23H,3-11H2,1-2H3,(H,24,26)/t15-,19+/m0/s1. The number of fused-ring (bicyclic) bond motifs is 1. The molecule has 2 heterocycles. The fourth-order valence-corrected chi connectivity index (χ4v) is 4.63. The van der Waals surface area contributed by atoms with E-state index in [1.807, 2.05) is 6.07 Å². The van der Waals surface area contributed by atoms with Gasteiger partial charge in [-0.2, -0.15) is 0 Å².